The second-order valence-electron chi connectivity index (χ2n) is 3.35. The number of carbonyl (C=O) groups excluding carboxylic acids is 2. The van der Waals surface area contributed by atoms with Gasteiger partial charge in [-0.1, -0.05) is 12.1 Å². The van der Waals surface area contributed by atoms with Gasteiger partial charge in [-0.2, -0.15) is 0 Å². The minimum absolute atomic E-state index is 0. The summed E-state index contributed by atoms with van der Waals surface area (Å²) in [6.45, 7) is 0. The maximum Gasteiger partial charge on any atom is 1.00 e. The maximum atomic E-state index is 10.3. The van der Waals surface area contributed by atoms with E-state index in [1.165, 1.54) is 12.1 Å². The number of hydrogen-bond donors (Lipinski definition) is 4. The zero-order valence-electron chi connectivity index (χ0n) is 13.8. The summed E-state index contributed by atoms with van der Waals surface area (Å²) in [7, 11) is 0. The van der Waals surface area contributed by atoms with Crippen molar-refractivity contribution in [3.63, 3.8) is 0 Å². The number of carboxylic acids is 3. The van der Waals surface area contributed by atoms with Crippen LogP contribution in [0.15, 0.2) is 24.3 Å². The molecule has 15 heteroatoms. The van der Waals surface area contributed by atoms with E-state index in [1.54, 1.807) is 12.1 Å². The van der Waals surface area contributed by atoms with E-state index in [4.69, 9.17) is 20.4 Å². The Balaban J connectivity index is -0.0000000451. The summed E-state index contributed by atoms with van der Waals surface area (Å²) >= 11 is 0. The smallest absolute Gasteiger partial charge is 0.547 e. The van der Waals surface area contributed by atoms with Gasteiger partial charge in [-0.25, -0.2) is 4.79 Å². The number of rotatable bonds is 4. The van der Waals surface area contributed by atoms with Crippen molar-refractivity contribution in [1.82, 2.24) is 0 Å². The molecule has 0 aliphatic carbocycles. The number of aliphatic carboxylic acids is 2. The number of para-hydroxylation sites is 1. The number of carbonyl (C=O) groups is 3. The molecule has 0 aliphatic heterocycles. The molecule has 0 saturated heterocycles. The zero-order valence-corrected chi connectivity index (χ0v) is 18.9. The molecule has 0 aromatic heterocycles. The summed E-state index contributed by atoms with van der Waals surface area (Å²) in [5.74, 6) is -5.43. The van der Waals surface area contributed by atoms with Crippen molar-refractivity contribution in [2.75, 3.05) is 0 Å². The molecule has 142 valence electrons. The van der Waals surface area contributed by atoms with E-state index in [0.29, 0.717) is 0 Å². The molecule has 0 aliphatic rings. The fourth-order valence-corrected chi connectivity index (χ4v) is 0.912. The van der Waals surface area contributed by atoms with E-state index in [0.717, 1.165) is 0 Å². The molecule has 1 rings (SSSR count). The standard InChI is InChI=1S/C7H6O3.C4H6O6.K.Na.4H2O/c8-6-4-2-1-3-5(6)7(9)10;5-1(3(7)8)2(6)4(9)10;;;;;;/h1-4,8H,(H,9,10);1-2,5-6H,(H,7,8)(H,9,10);;;4*1H2/q;;2*+1;;;;/p-2. The number of hydrogen-bond acceptors (Lipinski definition) is 8. The zero-order chi connectivity index (χ0) is 15.9. The third-order valence-electron chi connectivity index (χ3n) is 1.92. The normalized spacial score (nSPS) is 9.62. The van der Waals surface area contributed by atoms with E-state index in [-0.39, 0.29) is 114 Å². The number of aromatic carboxylic acids is 1. The summed E-state index contributed by atoms with van der Waals surface area (Å²) in [6, 6.07) is 5.81. The van der Waals surface area contributed by atoms with Crippen molar-refractivity contribution in [2.24, 2.45) is 0 Å². The number of aliphatic hydroxyl groups is 2. The van der Waals surface area contributed by atoms with Crippen LogP contribution in [0.1, 0.15) is 10.4 Å². The second-order valence-corrected chi connectivity index (χ2v) is 3.35. The minimum atomic E-state index is -2.44. The first-order chi connectivity index (χ1) is 9.18. The van der Waals surface area contributed by atoms with Crippen LogP contribution in [0.25, 0.3) is 0 Å². The number of phenols is 1. The number of carboxylic acid groups (broad SMARTS) is 3. The molecule has 0 fully saturated rings. The van der Waals surface area contributed by atoms with Gasteiger partial charge in [0.2, 0.25) is 0 Å². The summed E-state index contributed by atoms with van der Waals surface area (Å²) in [5, 5.41) is 53.0. The monoisotopic (exact) mass is 420 g/mol. The fraction of sp³-hybridized carbons (Fsp3) is 0.182. The molecule has 1 aromatic carbocycles. The molecule has 12 N–H and O–H groups in total. The van der Waals surface area contributed by atoms with Crippen LogP contribution < -0.4 is 91.2 Å². The molecule has 0 spiro atoms. The molecular weight excluding hydrogens is 402 g/mol. The van der Waals surface area contributed by atoms with Gasteiger partial charge in [0.1, 0.15) is 23.5 Å². The van der Waals surface area contributed by atoms with Crippen LogP contribution >= 0.6 is 0 Å². The third-order valence-corrected chi connectivity index (χ3v) is 1.92. The largest absolute Gasteiger partial charge is 1.00 e. The first-order valence-corrected chi connectivity index (χ1v) is 4.97. The van der Waals surface area contributed by atoms with Crippen molar-refractivity contribution in [1.29, 1.82) is 0 Å². The van der Waals surface area contributed by atoms with Gasteiger partial charge < -0.3 is 62.1 Å². The molecule has 26 heavy (non-hydrogen) atoms. The van der Waals surface area contributed by atoms with Crippen molar-refractivity contribution in [2.45, 2.75) is 12.2 Å². The molecule has 1 aromatic rings. The Bertz CT molecular complexity index is 495. The van der Waals surface area contributed by atoms with Gasteiger partial charge in [0, 0.05) is 0 Å². The van der Waals surface area contributed by atoms with Crippen molar-refractivity contribution >= 4 is 17.9 Å². The minimum Gasteiger partial charge on any atom is -0.547 e. The molecule has 0 amide bonds. The molecule has 2 unspecified atom stereocenters. The Morgan fingerprint density at radius 1 is 0.846 bits per heavy atom. The van der Waals surface area contributed by atoms with Gasteiger partial charge in [-0.05, 0) is 12.1 Å². The van der Waals surface area contributed by atoms with Gasteiger partial charge in [0.15, 0.2) is 0 Å². The summed E-state index contributed by atoms with van der Waals surface area (Å²) < 4.78 is 0. The van der Waals surface area contributed by atoms with E-state index in [2.05, 4.69) is 0 Å². The van der Waals surface area contributed by atoms with E-state index in [9.17, 15) is 24.6 Å². The first kappa shape index (κ1) is 44.9. The molecule has 0 saturated carbocycles. The van der Waals surface area contributed by atoms with E-state index in [1.807, 2.05) is 0 Å². The summed E-state index contributed by atoms with van der Waals surface area (Å²) in [5.41, 5.74) is -0.0671. The van der Waals surface area contributed by atoms with Gasteiger partial charge >= 0.3 is 86.9 Å². The van der Waals surface area contributed by atoms with Gasteiger partial charge in [-0.15, -0.1) is 0 Å². The predicted octanol–water partition coefficient (Wildman–Crippen LogP) is -13.0. The Hall–Kier alpha value is -0.174. The van der Waals surface area contributed by atoms with Crippen molar-refractivity contribution in [3.05, 3.63) is 29.8 Å². The van der Waals surface area contributed by atoms with E-state index >= 15 is 0 Å². The fourth-order valence-electron chi connectivity index (χ4n) is 0.912. The van der Waals surface area contributed by atoms with Crippen LogP contribution in [0, 0.1) is 0 Å². The SMILES string of the molecule is O.O.O.O.O=C(O)c1ccccc1O.O=C([O-])C(O)C(O)C(=O)[O-].[K+].[Na+]. The van der Waals surface area contributed by atoms with Crippen LogP contribution in [0.5, 0.6) is 5.75 Å². The predicted molar refractivity (Wildman–Crippen MR) is 71.5 cm³/mol. The Labute approximate surface area is 211 Å². The average molecular weight is 420 g/mol. The number of benzene rings is 1. The third kappa shape index (κ3) is 17.3. The quantitative estimate of drug-likeness (QED) is 0.335. The van der Waals surface area contributed by atoms with Crippen molar-refractivity contribution < 1.29 is 148 Å². The number of aromatic hydroxyl groups is 1. The second kappa shape index (κ2) is 22.9. The molecule has 0 radical (unpaired) electrons. The van der Waals surface area contributed by atoms with Gasteiger partial charge in [-0.3, -0.25) is 0 Å². The van der Waals surface area contributed by atoms with Gasteiger partial charge in [0.05, 0.1) is 11.9 Å². The molecule has 0 bridgehead atoms. The van der Waals surface area contributed by atoms with Crippen LogP contribution in [0.2, 0.25) is 0 Å². The molecule has 0 heterocycles. The maximum absolute atomic E-state index is 10.3. The van der Waals surface area contributed by atoms with Crippen LogP contribution in [-0.2, 0) is 9.59 Å². The van der Waals surface area contributed by atoms with Crippen LogP contribution in [0.3, 0.4) is 0 Å². The van der Waals surface area contributed by atoms with Gasteiger partial charge in [0.25, 0.3) is 0 Å². The first-order valence-electron chi connectivity index (χ1n) is 4.97. The number of aliphatic hydroxyl groups excluding tert-OH is 2. The topological polar surface area (TPSA) is 304 Å². The molecule has 2 atom stereocenters. The van der Waals surface area contributed by atoms with Crippen LogP contribution in [0.4, 0.5) is 0 Å². The Morgan fingerprint density at radius 3 is 1.35 bits per heavy atom. The van der Waals surface area contributed by atoms with E-state index < -0.39 is 30.1 Å². The Kier molecular flexibility index (Phi) is 39.5. The summed E-state index contributed by atoms with van der Waals surface area (Å²) in [6.07, 6.45) is -4.88. The van der Waals surface area contributed by atoms with Crippen LogP contribution in [-0.4, -0.2) is 72.4 Å². The molecule has 13 nitrogen and oxygen atoms in total. The Morgan fingerprint density at radius 2 is 1.15 bits per heavy atom. The summed E-state index contributed by atoms with van der Waals surface area (Å²) in [4.78, 5) is 29.5. The molecular formula is C11H18KNaO13. The van der Waals surface area contributed by atoms with Crippen molar-refractivity contribution in [3.8, 4) is 5.75 Å². The average Bonchev–Trinajstić information content (AvgIpc) is 2.37.